The Balaban J connectivity index is 2.67. The molecule has 0 bridgehead atoms. The first-order chi connectivity index (χ1) is 8.72. The fourth-order valence-electron chi connectivity index (χ4n) is 1.53. The minimum absolute atomic E-state index is 0.368. The quantitative estimate of drug-likeness (QED) is 0.819. The molecule has 7 heteroatoms. The molecule has 19 heavy (non-hydrogen) atoms. The van der Waals surface area contributed by atoms with Gasteiger partial charge in [-0.1, -0.05) is 28.1 Å². The Labute approximate surface area is 121 Å². The summed E-state index contributed by atoms with van der Waals surface area (Å²) >= 11 is 3.32. The first-order valence-electron chi connectivity index (χ1n) is 5.71. The zero-order valence-electron chi connectivity index (χ0n) is 10.6. The topological polar surface area (TPSA) is 83.5 Å². The summed E-state index contributed by atoms with van der Waals surface area (Å²) in [7, 11) is -3.85. The van der Waals surface area contributed by atoms with E-state index in [4.69, 9.17) is 5.11 Å². The second-order valence-corrected chi connectivity index (χ2v) is 7.32. The predicted octanol–water partition coefficient (Wildman–Crippen LogP) is 1.77. The van der Waals surface area contributed by atoms with Gasteiger partial charge in [0.25, 0.3) is 0 Å². The van der Waals surface area contributed by atoms with Gasteiger partial charge in [0.1, 0.15) is 0 Å². The summed E-state index contributed by atoms with van der Waals surface area (Å²) in [6.07, 6.45) is 0.499. The molecule has 0 fully saturated rings. The first-order valence-corrected chi connectivity index (χ1v) is 8.04. The van der Waals surface area contributed by atoms with E-state index in [1.165, 1.54) is 0 Å². The number of hydrogen-bond donors (Lipinski definition) is 2. The minimum atomic E-state index is -3.85. The van der Waals surface area contributed by atoms with E-state index in [2.05, 4.69) is 20.7 Å². The predicted molar refractivity (Wildman–Crippen MR) is 76.5 cm³/mol. The molecule has 2 atom stereocenters. The molecule has 1 rings (SSSR count). The molecule has 5 nitrogen and oxygen atoms in total. The second kappa shape index (κ2) is 6.49. The normalized spacial score (nSPS) is 14.9. The molecule has 0 saturated carbocycles. The highest BCUT2D eigenvalue weighted by Crippen LogP contribution is 2.12. The van der Waals surface area contributed by atoms with Gasteiger partial charge in [0.15, 0.2) is 5.25 Å². The van der Waals surface area contributed by atoms with E-state index in [9.17, 15) is 13.2 Å². The molecular formula is C12H16BrNO4S. The van der Waals surface area contributed by atoms with Gasteiger partial charge in [0.05, 0.1) is 0 Å². The molecule has 0 aromatic heterocycles. The average molecular weight is 350 g/mol. The van der Waals surface area contributed by atoms with Crippen molar-refractivity contribution in [2.75, 3.05) is 0 Å². The Bertz CT molecular complexity index is 541. The van der Waals surface area contributed by atoms with E-state index < -0.39 is 21.2 Å². The third-order valence-electron chi connectivity index (χ3n) is 2.63. The van der Waals surface area contributed by atoms with E-state index in [1.807, 2.05) is 24.3 Å². The molecule has 106 valence electrons. The van der Waals surface area contributed by atoms with Gasteiger partial charge in [0, 0.05) is 10.5 Å². The lowest BCUT2D eigenvalue weighted by Gasteiger charge is -2.16. The van der Waals surface area contributed by atoms with Crippen molar-refractivity contribution >= 4 is 31.9 Å². The summed E-state index contributed by atoms with van der Waals surface area (Å²) in [5, 5.41) is 7.27. The van der Waals surface area contributed by atoms with Crippen molar-refractivity contribution in [2.45, 2.75) is 31.6 Å². The minimum Gasteiger partial charge on any atom is -0.480 e. The lowest BCUT2D eigenvalue weighted by molar-refractivity contribution is -0.136. The average Bonchev–Trinajstić information content (AvgIpc) is 2.30. The first kappa shape index (κ1) is 16.1. The van der Waals surface area contributed by atoms with Crippen LogP contribution in [0.5, 0.6) is 0 Å². The summed E-state index contributed by atoms with van der Waals surface area (Å²) in [6.45, 7) is 2.85. The molecule has 0 aliphatic rings. The highest BCUT2D eigenvalue weighted by molar-refractivity contribution is 9.10. The third kappa shape index (κ3) is 4.93. The van der Waals surface area contributed by atoms with Gasteiger partial charge >= 0.3 is 5.97 Å². The fraction of sp³-hybridized carbons (Fsp3) is 0.417. The number of halogens is 1. The molecule has 0 aliphatic heterocycles. The van der Waals surface area contributed by atoms with Gasteiger partial charge in [-0.3, -0.25) is 4.79 Å². The van der Waals surface area contributed by atoms with E-state index in [0.29, 0.717) is 6.42 Å². The van der Waals surface area contributed by atoms with E-state index in [-0.39, 0.29) is 6.04 Å². The Morgan fingerprint density at radius 3 is 2.32 bits per heavy atom. The fourth-order valence-corrected chi connectivity index (χ4v) is 2.91. The van der Waals surface area contributed by atoms with Crippen molar-refractivity contribution < 1.29 is 18.3 Å². The van der Waals surface area contributed by atoms with Crippen molar-refractivity contribution in [3.05, 3.63) is 34.3 Å². The SMILES string of the molecule is CC(Cc1ccc(Br)cc1)NS(=O)(=O)C(C)C(=O)O. The van der Waals surface area contributed by atoms with Gasteiger partial charge in [-0.05, 0) is 38.0 Å². The number of hydrogen-bond acceptors (Lipinski definition) is 3. The monoisotopic (exact) mass is 349 g/mol. The molecular weight excluding hydrogens is 334 g/mol. The van der Waals surface area contributed by atoms with Crippen LogP contribution in [-0.2, 0) is 21.2 Å². The number of carboxylic acid groups (broad SMARTS) is 1. The van der Waals surface area contributed by atoms with Gasteiger partial charge in [-0.2, -0.15) is 0 Å². The van der Waals surface area contributed by atoms with Crippen LogP contribution in [0.3, 0.4) is 0 Å². The van der Waals surface area contributed by atoms with Crippen molar-refractivity contribution in [1.29, 1.82) is 0 Å². The zero-order valence-corrected chi connectivity index (χ0v) is 13.0. The molecule has 1 aromatic carbocycles. The van der Waals surface area contributed by atoms with Gasteiger partial charge in [-0.15, -0.1) is 0 Å². The number of aliphatic carboxylic acids is 1. The number of carbonyl (C=O) groups is 1. The number of carboxylic acids is 1. The number of nitrogens with one attached hydrogen (secondary N) is 1. The highest BCUT2D eigenvalue weighted by Gasteiger charge is 2.28. The van der Waals surface area contributed by atoms with Crippen LogP contribution in [0.1, 0.15) is 19.4 Å². The van der Waals surface area contributed by atoms with Crippen LogP contribution in [0.15, 0.2) is 28.7 Å². The molecule has 0 heterocycles. The molecule has 0 saturated heterocycles. The van der Waals surface area contributed by atoms with Gasteiger partial charge in [0.2, 0.25) is 10.0 Å². The zero-order chi connectivity index (χ0) is 14.6. The van der Waals surface area contributed by atoms with Crippen LogP contribution in [-0.4, -0.2) is 30.8 Å². The molecule has 0 aliphatic carbocycles. The summed E-state index contributed by atoms with van der Waals surface area (Å²) in [4.78, 5) is 10.7. The lowest BCUT2D eigenvalue weighted by atomic mass is 10.1. The van der Waals surface area contributed by atoms with Crippen molar-refractivity contribution in [3.63, 3.8) is 0 Å². The van der Waals surface area contributed by atoms with Crippen molar-refractivity contribution in [1.82, 2.24) is 4.72 Å². The molecule has 0 spiro atoms. The van der Waals surface area contributed by atoms with Gasteiger partial charge < -0.3 is 5.11 Å². The van der Waals surface area contributed by atoms with Crippen LogP contribution >= 0.6 is 15.9 Å². The van der Waals surface area contributed by atoms with Crippen molar-refractivity contribution in [2.24, 2.45) is 0 Å². The summed E-state index contributed by atoms with van der Waals surface area (Å²) < 4.78 is 26.8. The molecule has 2 N–H and O–H groups in total. The second-order valence-electron chi connectivity index (χ2n) is 4.37. The summed E-state index contributed by atoms with van der Waals surface area (Å²) in [6, 6.07) is 7.14. The van der Waals surface area contributed by atoms with E-state index in [0.717, 1.165) is 17.0 Å². The number of sulfonamides is 1. The third-order valence-corrected chi connectivity index (χ3v) is 5.03. The maximum Gasteiger partial charge on any atom is 0.323 e. The highest BCUT2D eigenvalue weighted by atomic mass is 79.9. The maximum atomic E-state index is 11.7. The molecule has 1 aromatic rings. The molecule has 0 amide bonds. The van der Waals surface area contributed by atoms with Crippen molar-refractivity contribution in [3.8, 4) is 0 Å². The Morgan fingerprint density at radius 2 is 1.84 bits per heavy atom. The standard InChI is InChI=1S/C12H16BrNO4S/c1-8(7-10-3-5-11(13)6-4-10)14-19(17,18)9(2)12(15)16/h3-6,8-9,14H,7H2,1-2H3,(H,15,16). The van der Waals surface area contributed by atoms with Crippen LogP contribution in [0, 0.1) is 0 Å². The lowest BCUT2D eigenvalue weighted by Crippen LogP contribution is -2.42. The summed E-state index contributed by atoms with van der Waals surface area (Å²) in [5.41, 5.74) is 0.973. The van der Waals surface area contributed by atoms with Gasteiger partial charge in [-0.25, -0.2) is 13.1 Å². The Kier molecular flexibility index (Phi) is 5.51. The van der Waals surface area contributed by atoms with Crippen LogP contribution in [0.2, 0.25) is 0 Å². The molecule has 2 unspecified atom stereocenters. The van der Waals surface area contributed by atoms with Crippen LogP contribution in [0.25, 0.3) is 0 Å². The van der Waals surface area contributed by atoms with Crippen LogP contribution in [0.4, 0.5) is 0 Å². The van der Waals surface area contributed by atoms with Crippen LogP contribution < -0.4 is 4.72 Å². The Morgan fingerprint density at radius 1 is 1.32 bits per heavy atom. The van der Waals surface area contributed by atoms with E-state index in [1.54, 1.807) is 6.92 Å². The number of rotatable bonds is 6. The smallest absolute Gasteiger partial charge is 0.323 e. The summed E-state index contributed by atoms with van der Waals surface area (Å²) in [5.74, 6) is -1.36. The number of benzene rings is 1. The molecule has 0 radical (unpaired) electrons. The Hall–Kier alpha value is -0.920. The largest absolute Gasteiger partial charge is 0.480 e. The maximum absolute atomic E-state index is 11.7. The van der Waals surface area contributed by atoms with E-state index >= 15 is 0 Å².